The molecular weight excluding hydrogens is 632 g/mol. The molecule has 0 spiro atoms. The number of aromatic nitrogens is 5. The fourth-order valence-corrected chi connectivity index (χ4v) is 6.21. The van der Waals surface area contributed by atoms with Crippen molar-refractivity contribution in [2.24, 2.45) is 5.92 Å². The van der Waals surface area contributed by atoms with Crippen LogP contribution in [0.5, 0.6) is 5.75 Å². The van der Waals surface area contributed by atoms with Crippen LogP contribution < -0.4 is 20.2 Å². The van der Waals surface area contributed by atoms with Crippen LogP contribution in [0.25, 0.3) is 5.69 Å². The van der Waals surface area contributed by atoms with E-state index in [1.165, 1.54) is 33.9 Å². The normalized spacial score (nSPS) is 19.6. The third kappa shape index (κ3) is 6.81. The highest BCUT2D eigenvalue weighted by Gasteiger charge is 2.47. The Bertz CT molecular complexity index is 1900. The minimum absolute atomic E-state index is 0.0494. The number of hydrogen-bond donors (Lipinski definition) is 0. The Morgan fingerprint density at radius 1 is 0.918 bits per heavy atom. The van der Waals surface area contributed by atoms with Crippen molar-refractivity contribution in [1.82, 2.24) is 23.9 Å². The summed E-state index contributed by atoms with van der Waals surface area (Å²) in [5.41, 5.74) is 2.95. The number of imidazole rings is 1. The molecule has 2 aliphatic heterocycles. The van der Waals surface area contributed by atoms with Crippen molar-refractivity contribution >= 4 is 11.4 Å². The van der Waals surface area contributed by atoms with E-state index in [0.717, 1.165) is 55.7 Å². The molecule has 2 aromatic heterocycles. The zero-order valence-electron chi connectivity index (χ0n) is 27.5. The van der Waals surface area contributed by atoms with E-state index in [1.807, 2.05) is 36.4 Å². The number of anilines is 2. The number of nitrogens with zero attached hydrogens (tertiary/aromatic N) is 7. The van der Waals surface area contributed by atoms with E-state index in [0.29, 0.717) is 18.2 Å². The van der Waals surface area contributed by atoms with E-state index in [2.05, 4.69) is 45.9 Å². The van der Waals surface area contributed by atoms with Gasteiger partial charge < -0.3 is 24.0 Å². The van der Waals surface area contributed by atoms with Crippen molar-refractivity contribution in [1.29, 1.82) is 0 Å². The molecule has 0 bridgehead atoms. The van der Waals surface area contributed by atoms with Gasteiger partial charge in [-0.1, -0.05) is 13.8 Å². The lowest BCUT2D eigenvalue weighted by Crippen LogP contribution is -2.46. The average molecular weight is 672 g/mol. The first-order chi connectivity index (χ1) is 23.8. The minimum atomic E-state index is -1.62. The van der Waals surface area contributed by atoms with Gasteiger partial charge in [0, 0.05) is 62.6 Å². The van der Waals surface area contributed by atoms with Gasteiger partial charge in [-0.2, -0.15) is 5.10 Å². The molecule has 0 saturated carbocycles. The maximum absolute atomic E-state index is 14.9. The first-order valence-corrected chi connectivity index (χ1v) is 16.5. The van der Waals surface area contributed by atoms with Crippen LogP contribution in [-0.2, 0) is 21.9 Å². The highest BCUT2D eigenvalue weighted by molar-refractivity contribution is 5.54. The molecule has 0 amide bonds. The highest BCUT2D eigenvalue weighted by atomic mass is 19.1. The van der Waals surface area contributed by atoms with Crippen LogP contribution in [0, 0.1) is 17.6 Å². The van der Waals surface area contributed by atoms with Gasteiger partial charge in [-0.05, 0) is 73.0 Å². The topological polar surface area (TPSA) is 91.8 Å². The van der Waals surface area contributed by atoms with Gasteiger partial charge in [0.15, 0.2) is 0 Å². The third-order valence-corrected chi connectivity index (χ3v) is 8.97. The SMILES string of the molecule is CC(C)CCn1ncn(-c2ccc(N3CCN(c4ccc(OCC5COC(c6ccc(F)cc6F)(n6ccnc6)O5)cc4)CC3)cc2)c1=O. The van der Waals surface area contributed by atoms with E-state index in [4.69, 9.17) is 14.2 Å². The fraction of sp³-hybridized carbons (Fsp3) is 0.361. The predicted octanol–water partition coefficient (Wildman–Crippen LogP) is 5.03. The van der Waals surface area contributed by atoms with E-state index < -0.39 is 23.6 Å². The van der Waals surface area contributed by atoms with Crippen LogP contribution in [0.4, 0.5) is 20.2 Å². The van der Waals surface area contributed by atoms with E-state index in [9.17, 15) is 13.6 Å². The van der Waals surface area contributed by atoms with E-state index in [1.54, 1.807) is 17.1 Å². The molecule has 0 radical (unpaired) electrons. The molecule has 2 atom stereocenters. The Morgan fingerprint density at radius 3 is 2.22 bits per heavy atom. The van der Waals surface area contributed by atoms with Crippen molar-refractivity contribution in [3.8, 4) is 11.4 Å². The van der Waals surface area contributed by atoms with Crippen LogP contribution in [-0.4, -0.2) is 69.4 Å². The number of benzene rings is 3. The van der Waals surface area contributed by atoms with Gasteiger partial charge in [-0.25, -0.2) is 27.8 Å². The molecule has 0 aliphatic carbocycles. The zero-order valence-corrected chi connectivity index (χ0v) is 27.5. The number of ether oxygens (including phenoxy) is 3. The summed E-state index contributed by atoms with van der Waals surface area (Å²) in [6.07, 6.45) is 6.60. The van der Waals surface area contributed by atoms with Crippen LogP contribution in [0.1, 0.15) is 25.8 Å². The number of aryl methyl sites for hydroxylation is 1. The van der Waals surface area contributed by atoms with Gasteiger partial charge in [0.25, 0.3) is 5.91 Å². The molecule has 11 nitrogen and oxygen atoms in total. The molecule has 4 heterocycles. The molecule has 0 N–H and O–H groups in total. The smallest absolute Gasteiger partial charge is 0.350 e. The Balaban J connectivity index is 0.919. The largest absolute Gasteiger partial charge is 0.491 e. The second-order valence-corrected chi connectivity index (χ2v) is 12.7. The van der Waals surface area contributed by atoms with Gasteiger partial charge >= 0.3 is 5.69 Å². The first kappa shape index (κ1) is 32.5. The summed E-state index contributed by atoms with van der Waals surface area (Å²) in [6, 6.07) is 19.3. The van der Waals surface area contributed by atoms with Crippen LogP contribution in [0.15, 0.2) is 96.6 Å². The molecule has 3 aromatic carbocycles. The number of piperazine rings is 1. The zero-order chi connectivity index (χ0) is 34.0. The quantitative estimate of drug-likeness (QED) is 0.193. The van der Waals surface area contributed by atoms with Crippen molar-refractivity contribution in [3.63, 3.8) is 0 Å². The van der Waals surface area contributed by atoms with Gasteiger partial charge in [-0.3, -0.25) is 4.57 Å². The average Bonchev–Trinajstić information content (AvgIpc) is 3.88. The first-order valence-electron chi connectivity index (χ1n) is 16.5. The van der Waals surface area contributed by atoms with Crippen molar-refractivity contribution in [2.45, 2.75) is 38.8 Å². The summed E-state index contributed by atoms with van der Waals surface area (Å²) in [7, 11) is 0. The Hall–Kier alpha value is -5.01. The second-order valence-electron chi connectivity index (χ2n) is 12.7. The molecule has 5 aromatic rings. The molecule has 49 heavy (non-hydrogen) atoms. The third-order valence-electron chi connectivity index (χ3n) is 8.97. The summed E-state index contributed by atoms with van der Waals surface area (Å²) >= 11 is 0. The van der Waals surface area contributed by atoms with Gasteiger partial charge in [0.2, 0.25) is 0 Å². The molecular formula is C36H39F2N7O4. The van der Waals surface area contributed by atoms with Crippen molar-refractivity contribution in [2.75, 3.05) is 49.2 Å². The minimum Gasteiger partial charge on any atom is -0.491 e. The molecule has 2 fully saturated rings. The summed E-state index contributed by atoms with van der Waals surface area (Å²) in [5.74, 6) is -1.91. The monoisotopic (exact) mass is 671 g/mol. The number of rotatable bonds is 11. The summed E-state index contributed by atoms with van der Waals surface area (Å²) in [4.78, 5) is 21.5. The van der Waals surface area contributed by atoms with Gasteiger partial charge in [0.05, 0.1) is 24.2 Å². The maximum atomic E-state index is 14.9. The standard InChI is InChI=1S/C36H39F2N7O4/c1-26(2)13-15-45-35(46)44(25-40-45)30-6-4-28(5-7-30)41-17-19-42(20-18-41)29-8-10-31(11-9-29)47-22-32-23-48-36(49-32,43-16-14-39-24-43)33-12-3-27(37)21-34(33)38/h3-12,14,16,21,24-26,32H,13,15,17-20,22-23H2,1-2H3. The van der Waals surface area contributed by atoms with Crippen molar-refractivity contribution < 1.29 is 23.0 Å². The Labute approximate surface area is 282 Å². The van der Waals surface area contributed by atoms with E-state index >= 15 is 0 Å². The number of hydrogen-bond acceptors (Lipinski definition) is 8. The summed E-state index contributed by atoms with van der Waals surface area (Å²) < 4.78 is 51.4. The Kier molecular flexibility index (Phi) is 9.19. The van der Waals surface area contributed by atoms with Gasteiger partial charge in [-0.15, -0.1) is 0 Å². The van der Waals surface area contributed by atoms with Gasteiger partial charge in [0.1, 0.15) is 36.4 Å². The van der Waals surface area contributed by atoms with Crippen LogP contribution in [0.3, 0.4) is 0 Å². The van der Waals surface area contributed by atoms with Crippen LogP contribution >= 0.6 is 0 Å². The highest BCUT2D eigenvalue weighted by Crippen LogP contribution is 2.38. The van der Waals surface area contributed by atoms with Crippen molar-refractivity contribution in [3.05, 3.63) is 119 Å². The lowest BCUT2D eigenvalue weighted by atomic mass is 10.1. The molecule has 13 heteroatoms. The molecule has 2 unspecified atom stereocenters. The lowest BCUT2D eigenvalue weighted by Gasteiger charge is -2.37. The maximum Gasteiger partial charge on any atom is 0.350 e. The fourth-order valence-electron chi connectivity index (χ4n) is 6.21. The molecule has 2 aliphatic rings. The number of halogens is 2. The Morgan fingerprint density at radius 2 is 1.59 bits per heavy atom. The van der Waals surface area contributed by atoms with E-state index in [-0.39, 0.29) is 24.5 Å². The summed E-state index contributed by atoms with van der Waals surface area (Å²) in [5, 5.41) is 4.29. The molecule has 7 rings (SSSR count). The molecule has 256 valence electrons. The second kappa shape index (κ2) is 13.8. The molecule has 2 saturated heterocycles. The van der Waals surface area contributed by atoms with Crippen LogP contribution in [0.2, 0.25) is 0 Å². The predicted molar refractivity (Wildman–Crippen MR) is 180 cm³/mol. The lowest BCUT2D eigenvalue weighted by molar-refractivity contribution is -0.202. The summed E-state index contributed by atoms with van der Waals surface area (Å²) in [6.45, 7) is 8.62.